The summed E-state index contributed by atoms with van der Waals surface area (Å²) in [5, 5.41) is 0.499. The molecule has 5 heteroatoms. The van der Waals surface area contributed by atoms with Gasteiger partial charge in [0.1, 0.15) is 22.5 Å². The number of ether oxygens (including phenoxy) is 1. The van der Waals surface area contributed by atoms with Crippen LogP contribution in [0.25, 0.3) is 0 Å². The zero-order valence-electron chi connectivity index (χ0n) is 12.1. The lowest BCUT2D eigenvalue weighted by Gasteiger charge is -2.22. The maximum absolute atomic E-state index is 6.12. The molecule has 106 valence electrons. The average Bonchev–Trinajstić information content (AvgIpc) is 2.43. The van der Waals surface area contributed by atoms with E-state index in [0.717, 1.165) is 22.7 Å². The molecule has 2 aromatic rings. The Hall–Kier alpha value is -1.81. The molecule has 0 spiro atoms. The van der Waals surface area contributed by atoms with Crippen LogP contribution in [0.4, 0.5) is 5.82 Å². The minimum absolute atomic E-state index is 0.499. The van der Waals surface area contributed by atoms with Gasteiger partial charge in [-0.25, -0.2) is 9.97 Å². The Morgan fingerprint density at radius 3 is 2.60 bits per heavy atom. The number of methoxy groups -OCH3 is 1. The number of aromatic nitrogens is 2. The lowest BCUT2D eigenvalue weighted by molar-refractivity contribution is 0.409. The van der Waals surface area contributed by atoms with Gasteiger partial charge in [-0.2, -0.15) is 0 Å². The second kappa shape index (κ2) is 6.09. The van der Waals surface area contributed by atoms with Gasteiger partial charge >= 0.3 is 0 Å². The van der Waals surface area contributed by atoms with Crippen LogP contribution in [-0.2, 0) is 6.54 Å². The molecule has 0 saturated carbocycles. The molecule has 0 unspecified atom stereocenters. The van der Waals surface area contributed by atoms with Crippen LogP contribution in [0.2, 0.25) is 5.15 Å². The molecule has 1 aromatic carbocycles. The van der Waals surface area contributed by atoms with Crippen LogP contribution in [0.3, 0.4) is 0 Å². The molecule has 0 N–H and O–H groups in total. The van der Waals surface area contributed by atoms with Crippen molar-refractivity contribution in [1.82, 2.24) is 9.97 Å². The molecule has 0 aliphatic heterocycles. The second-order valence-electron chi connectivity index (χ2n) is 4.68. The van der Waals surface area contributed by atoms with Crippen LogP contribution < -0.4 is 9.64 Å². The minimum atomic E-state index is 0.499. The third kappa shape index (κ3) is 3.02. The van der Waals surface area contributed by atoms with Gasteiger partial charge in [0.2, 0.25) is 0 Å². The summed E-state index contributed by atoms with van der Waals surface area (Å²) in [7, 11) is 3.66. The topological polar surface area (TPSA) is 38.2 Å². The van der Waals surface area contributed by atoms with Crippen molar-refractivity contribution in [3.63, 3.8) is 0 Å². The fourth-order valence-corrected chi connectivity index (χ4v) is 2.32. The molecule has 0 radical (unpaired) electrons. The summed E-state index contributed by atoms with van der Waals surface area (Å²) >= 11 is 6.12. The van der Waals surface area contributed by atoms with Gasteiger partial charge in [0, 0.05) is 24.7 Å². The van der Waals surface area contributed by atoms with Gasteiger partial charge < -0.3 is 9.64 Å². The van der Waals surface area contributed by atoms with Crippen molar-refractivity contribution in [2.75, 3.05) is 19.1 Å². The van der Waals surface area contributed by atoms with Crippen molar-refractivity contribution in [3.05, 3.63) is 46.4 Å². The van der Waals surface area contributed by atoms with Crippen molar-refractivity contribution < 1.29 is 4.74 Å². The van der Waals surface area contributed by atoms with Crippen molar-refractivity contribution in [2.45, 2.75) is 20.4 Å². The molecule has 4 nitrogen and oxygen atoms in total. The first-order chi connectivity index (χ1) is 9.52. The third-order valence-corrected chi connectivity index (χ3v) is 3.50. The molecule has 1 aromatic heterocycles. The fraction of sp³-hybridized carbons (Fsp3) is 0.333. The van der Waals surface area contributed by atoms with E-state index in [9.17, 15) is 0 Å². The molecule has 0 atom stereocenters. The number of para-hydroxylation sites is 1. The number of nitrogens with zero attached hydrogens (tertiary/aromatic N) is 3. The molecule has 0 saturated heterocycles. The van der Waals surface area contributed by atoms with Gasteiger partial charge in [0.15, 0.2) is 0 Å². The first-order valence-corrected chi connectivity index (χ1v) is 6.74. The number of hydrogen-bond donors (Lipinski definition) is 0. The van der Waals surface area contributed by atoms with E-state index in [1.165, 1.54) is 0 Å². The van der Waals surface area contributed by atoms with E-state index in [1.54, 1.807) is 7.11 Å². The van der Waals surface area contributed by atoms with Crippen molar-refractivity contribution in [3.8, 4) is 5.75 Å². The Morgan fingerprint density at radius 2 is 1.90 bits per heavy atom. The van der Waals surface area contributed by atoms with E-state index < -0.39 is 0 Å². The molecule has 0 fully saturated rings. The molecule has 0 aliphatic rings. The highest BCUT2D eigenvalue weighted by Gasteiger charge is 2.13. The number of rotatable bonds is 4. The van der Waals surface area contributed by atoms with Crippen molar-refractivity contribution in [2.24, 2.45) is 0 Å². The van der Waals surface area contributed by atoms with Gasteiger partial charge in [-0.3, -0.25) is 0 Å². The summed E-state index contributed by atoms with van der Waals surface area (Å²) in [4.78, 5) is 10.7. The zero-order valence-corrected chi connectivity index (χ0v) is 12.9. The molecule has 0 bridgehead atoms. The lowest BCUT2D eigenvalue weighted by atomic mass is 10.2. The van der Waals surface area contributed by atoms with E-state index in [4.69, 9.17) is 16.3 Å². The van der Waals surface area contributed by atoms with Crippen LogP contribution >= 0.6 is 11.6 Å². The Balaban J connectivity index is 2.31. The minimum Gasteiger partial charge on any atom is -0.496 e. The molecule has 20 heavy (non-hydrogen) atoms. The van der Waals surface area contributed by atoms with E-state index >= 15 is 0 Å². The number of benzene rings is 1. The highest BCUT2D eigenvalue weighted by Crippen LogP contribution is 2.26. The van der Waals surface area contributed by atoms with Crippen LogP contribution in [0.5, 0.6) is 5.75 Å². The van der Waals surface area contributed by atoms with Crippen molar-refractivity contribution >= 4 is 17.4 Å². The Labute approximate surface area is 124 Å². The lowest BCUT2D eigenvalue weighted by Crippen LogP contribution is -2.20. The summed E-state index contributed by atoms with van der Waals surface area (Å²) < 4.78 is 5.37. The number of halogens is 1. The first-order valence-electron chi connectivity index (χ1n) is 6.36. The summed E-state index contributed by atoms with van der Waals surface area (Å²) in [6.07, 6.45) is 0. The summed E-state index contributed by atoms with van der Waals surface area (Å²) in [5.41, 5.74) is 1.99. The fourth-order valence-electron chi connectivity index (χ4n) is 2.12. The van der Waals surface area contributed by atoms with E-state index in [1.807, 2.05) is 50.1 Å². The SMILES string of the molecule is COc1ccccc1CN(C)c1nc(C)nc(Cl)c1C. The molecule has 0 amide bonds. The first kappa shape index (κ1) is 14.6. The number of aryl methyl sites for hydroxylation is 1. The maximum Gasteiger partial charge on any atom is 0.137 e. The average molecular weight is 292 g/mol. The quantitative estimate of drug-likeness (QED) is 0.809. The number of anilines is 1. The smallest absolute Gasteiger partial charge is 0.137 e. The number of hydrogen-bond acceptors (Lipinski definition) is 4. The van der Waals surface area contributed by atoms with Gasteiger partial charge in [-0.15, -0.1) is 0 Å². The van der Waals surface area contributed by atoms with Gasteiger partial charge in [-0.05, 0) is 19.9 Å². The highest BCUT2D eigenvalue weighted by molar-refractivity contribution is 6.30. The van der Waals surface area contributed by atoms with Gasteiger partial charge in [0.05, 0.1) is 7.11 Å². The Kier molecular flexibility index (Phi) is 4.45. The van der Waals surface area contributed by atoms with Gasteiger partial charge in [-0.1, -0.05) is 29.8 Å². The second-order valence-corrected chi connectivity index (χ2v) is 5.04. The van der Waals surface area contributed by atoms with Crippen LogP contribution in [0, 0.1) is 13.8 Å². The standard InChI is InChI=1S/C15H18ClN3O/c1-10-14(16)17-11(2)18-15(10)19(3)9-12-7-5-6-8-13(12)20-4/h5-8H,9H2,1-4H3. The predicted octanol–water partition coefficient (Wildman–Crippen LogP) is 3.39. The Bertz CT molecular complexity index is 616. The molecular weight excluding hydrogens is 274 g/mol. The largest absolute Gasteiger partial charge is 0.496 e. The monoisotopic (exact) mass is 291 g/mol. The van der Waals surface area contributed by atoms with Crippen LogP contribution in [0.15, 0.2) is 24.3 Å². The van der Waals surface area contributed by atoms with Crippen molar-refractivity contribution in [1.29, 1.82) is 0 Å². The Morgan fingerprint density at radius 1 is 1.20 bits per heavy atom. The zero-order chi connectivity index (χ0) is 14.7. The summed E-state index contributed by atoms with van der Waals surface area (Å²) in [5.74, 6) is 2.38. The summed E-state index contributed by atoms with van der Waals surface area (Å²) in [6.45, 7) is 4.46. The molecule has 2 rings (SSSR count). The van der Waals surface area contributed by atoms with Crippen LogP contribution in [0.1, 0.15) is 17.0 Å². The van der Waals surface area contributed by atoms with E-state index in [2.05, 4.69) is 9.97 Å². The normalized spacial score (nSPS) is 10.4. The summed E-state index contributed by atoms with van der Waals surface area (Å²) in [6, 6.07) is 7.95. The van der Waals surface area contributed by atoms with E-state index in [-0.39, 0.29) is 0 Å². The van der Waals surface area contributed by atoms with Crippen LogP contribution in [-0.4, -0.2) is 24.1 Å². The molecular formula is C15H18ClN3O. The predicted molar refractivity (Wildman–Crippen MR) is 81.6 cm³/mol. The third-order valence-electron chi connectivity index (χ3n) is 3.13. The highest BCUT2D eigenvalue weighted by atomic mass is 35.5. The maximum atomic E-state index is 6.12. The van der Waals surface area contributed by atoms with Gasteiger partial charge in [0.25, 0.3) is 0 Å². The molecule has 0 aliphatic carbocycles. The molecule has 1 heterocycles. The van der Waals surface area contributed by atoms with E-state index in [0.29, 0.717) is 17.5 Å².